The third-order valence-electron chi connectivity index (χ3n) is 4.55. The molecule has 4 rings (SSSR count). The monoisotopic (exact) mass is 398 g/mol. The Labute approximate surface area is 168 Å². The Hall–Kier alpha value is -3.23. The van der Waals surface area contributed by atoms with E-state index < -0.39 is 0 Å². The van der Waals surface area contributed by atoms with Gasteiger partial charge in [0.1, 0.15) is 23.7 Å². The van der Waals surface area contributed by atoms with E-state index in [0.717, 1.165) is 16.9 Å². The van der Waals surface area contributed by atoms with Crippen molar-refractivity contribution < 1.29 is 4.39 Å². The second kappa shape index (κ2) is 6.98. The van der Waals surface area contributed by atoms with E-state index in [0.29, 0.717) is 5.82 Å². The molecule has 9 heteroatoms. The van der Waals surface area contributed by atoms with Crippen LogP contribution in [0.25, 0.3) is 11.0 Å². The Balaban J connectivity index is 0.000000166. The Morgan fingerprint density at radius 3 is 1.93 bits per heavy atom. The number of hydrogen-bond donors (Lipinski definition) is 2. The molecule has 29 heavy (non-hydrogen) atoms. The highest BCUT2D eigenvalue weighted by Crippen LogP contribution is 2.27. The summed E-state index contributed by atoms with van der Waals surface area (Å²) in [6.45, 7) is 12.4. The molecule has 0 saturated heterocycles. The first-order chi connectivity index (χ1) is 13.4. The average molecular weight is 398 g/mol. The molecule has 4 aromatic heterocycles. The molecule has 8 nitrogen and oxygen atoms in total. The zero-order valence-electron chi connectivity index (χ0n) is 17.6. The highest BCUT2D eigenvalue weighted by Gasteiger charge is 2.23. The molecule has 154 valence electrons. The van der Waals surface area contributed by atoms with E-state index in [1.54, 1.807) is 0 Å². The summed E-state index contributed by atoms with van der Waals surface area (Å²) in [6, 6.07) is 5.46. The number of nitrogens with two attached hydrogens (primary N) is 2. The molecule has 4 aromatic rings. The Morgan fingerprint density at radius 2 is 1.34 bits per heavy atom. The van der Waals surface area contributed by atoms with E-state index in [1.807, 2.05) is 37.4 Å². The van der Waals surface area contributed by atoms with Crippen molar-refractivity contribution in [3.63, 3.8) is 0 Å². The number of hydrogen-bond acceptors (Lipinski definition) is 6. The summed E-state index contributed by atoms with van der Waals surface area (Å²) in [7, 11) is 0. The van der Waals surface area contributed by atoms with Crippen molar-refractivity contribution in [1.82, 2.24) is 29.2 Å². The van der Waals surface area contributed by atoms with Gasteiger partial charge in [-0.05, 0) is 18.2 Å². The zero-order chi connectivity index (χ0) is 21.6. The molecule has 0 radical (unpaired) electrons. The maximum atomic E-state index is 13.6. The molecule has 0 fully saturated rings. The average Bonchev–Trinajstić information content (AvgIpc) is 3.18. The lowest BCUT2D eigenvalue weighted by Gasteiger charge is -2.17. The lowest BCUT2D eigenvalue weighted by Crippen LogP contribution is -2.15. The predicted octanol–water partition coefficient (Wildman–Crippen LogP) is 3.36. The first-order valence-corrected chi connectivity index (χ1v) is 9.28. The van der Waals surface area contributed by atoms with Crippen molar-refractivity contribution in [1.29, 1.82) is 0 Å². The molecule has 0 atom stereocenters. The Bertz CT molecular complexity index is 1160. The number of rotatable bonds is 0. The third kappa shape index (κ3) is 3.85. The third-order valence-corrected chi connectivity index (χ3v) is 4.55. The standard InChI is InChI=1S/C10H13FN4.C10H14N4/c1-10(2,3)7-4-6(11)8-9(12)13-5-14-15(7)8;1-10(2,3)8-5-4-7-9(11)12-6-13-14(7)8/h4-5H,1-3H3,(H2,12,13,14);4-6H,1-3H3,(H2,11,12,13). The van der Waals surface area contributed by atoms with Gasteiger partial charge < -0.3 is 11.5 Å². The molecule has 4 N–H and O–H groups in total. The van der Waals surface area contributed by atoms with Gasteiger partial charge in [0.2, 0.25) is 0 Å². The lowest BCUT2D eigenvalue weighted by atomic mass is 9.92. The van der Waals surface area contributed by atoms with Crippen LogP contribution in [-0.2, 0) is 10.8 Å². The van der Waals surface area contributed by atoms with Crippen molar-refractivity contribution >= 4 is 22.7 Å². The fraction of sp³-hybridized carbons (Fsp3) is 0.400. The summed E-state index contributed by atoms with van der Waals surface area (Å²) < 4.78 is 17.0. The van der Waals surface area contributed by atoms with Crippen LogP contribution in [0.2, 0.25) is 0 Å². The summed E-state index contributed by atoms with van der Waals surface area (Å²) in [5.41, 5.74) is 14.3. The maximum Gasteiger partial charge on any atom is 0.154 e. The van der Waals surface area contributed by atoms with Crippen molar-refractivity contribution in [3.8, 4) is 0 Å². The van der Waals surface area contributed by atoms with Crippen LogP contribution in [0.1, 0.15) is 52.9 Å². The van der Waals surface area contributed by atoms with Crippen LogP contribution in [0.15, 0.2) is 30.9 Å². The second-order valence-corrected chi connectivity index (χ2v) is 8.94. The predicted molar refractivity (Wildman–Crippen MR) is 112 cm³/mol. The SMILES string of the molecule is CC(C)(C)c1cc(F)c2c(N)ncnn12.CC(C)(C)c1ccc2c(N)ncnn12. The van der Waals surface area contributed by atoms with Gasteiger partial charge in [0.25, 0.3) is 0 Å². The molecule has 0 aliphatic rings. The molecule has 0 aliphatic heterocycles. The lowest BCUT2D eigenvalue weighted by molar-refractivity contribution is 0.549. The normalized spacial score (nSPS) is 12.2. The summed E-state index contributed by atoms with van der Waals surface area (Å²) in [5, 5.41) is 8.21. The zero-order valence-corrected chi connectivity index (χ0v) is 17.6. The van der Waals surface area contributed by atoms with Crippen molar-refractivity contribution in [2.45, 2.75) is 52.4 Å². The van der Waals surface area contributed by atoms with Crippen LogP contribution in [0.4, 0.5) is 16.0 Å². The fourth-order valence-corrected chi connectivity index (χ4v) is 3.08. The van der Waals surface area contributed by atoms with Gasteiger partial charge in [-0.25, -0.2) is 23.4 Å². The largest absolute Gasteiger partial charge is 0.382 e. The topological polar surface area (TPSA) is 112 Å². The van der Waals surface area contributed by atoms with E-state index in [2.05, 4.69) is 40.9 Å². The number of anilines is 2. The molecule has 0 spiro atoms. The minimum Gasteiger partial charge on any atom is -0.382 e. The van der Waals surface area contributed by atoms with Crippen LogP contribution >= 0.6 is 0 Å². The van der Waals surface area contributed by atoms with Crippen LogP contribution in [0.5, 0.6) is 0 Å². The molecule has 0 aromatic carbocycles. The first-order valence-electron chi connectivity index (χ1n) is 9.28. The van der Waals surface area contributed by atoms with E-state index in [1.165, 1.54) is 23.2 Å². The molecule has 4 heterocycles. The summed E-state index contributed by atoms with van der Waals surface area (Å²) >= 11 is 0. The quantitative estimate of drug-likeness (QED) is 0.470. The van der Waals surface area contributed by atoms with E-state index in [9.17, 15) is 4.39 Å². The molecule has 0 saturated carbocycles. The van der Waals surface area contributed by atoms with Crippen molar-refractivity contribution in [2.75, 3.05) is 11.5 Å². The molecule has 0 unspecified atom stereocenters. The number of halogens is 1. The Kier molecular flexibility index (Phi) is 4.94. The minimum absolute atomic E-state index is 0.0627. The van der Waals surface area contributed by atoms with Crippen LogP contribution in [0.3, 0.4) is 0 Å². The molecular weight excluding hydrogens is 371 g/mol. The van der Waals surface area contributed by atoms with Gasteiger partial charge in [0.15, 0.2) is 17.5 Å². The van der Waals surface area contributed by atoms with Crippen LogP contribution < -0.4 is 11.5 Å². The van der Waals surface area contributed by atoms with Crippen LogP contribution in [-0.4, -0.2) is 29.2 Å². The van der Waals surface area contributed by atoms with Crippen LogP contribution in [0, 0.1) is 5.82 Å². The van der Waals surface area contributed by atoms with Gasteiger partial charge in [-0.1, -0.05) is 41.5 Å². The molecule has 0 aliphatic carbocycles. The number of nitrogens with zero attached hydrogens (tertiary/aromatic N) is 6. The van der Waals surface area contributed by atoms with Gasteiger partial charge in [0.05, 0.1) is 5.69 Å². The maximum absolute atomic E-state index is 13.6. The van der Waals surface area contributed by atoms with Gasteiger partial charge in [0, 0.05) is 16.5 Å². The van der Waals surface area contributed by atoms with E-state index in [-0.39, 0.29) is 28.0 Å². The van der Waals surface area contributed by atoms with E-state index >= 15 is 0 Å². The van der Waals surface area contributed by atoms with Gasteiger partial charge in [-0.15, -0.1) is 0 Å². The minimum atomic E-state index is -0.377. The second-order valence-electron chi connectivity index (χ2n) is 8.94. The van der Waals surface area contributed by atoms with E-state index in [4.69, 9.17) is 11.5 Å². The first kappa shape index (κ1) is 20.5. The van der Waals surface area contributed by atoms with Crippen molar-refractivity contribution in [2.24, 2.45) is 0 Å². The number of nitrogen functional groups attached to an aromatic ring is 2. The van der Waals surface area contributed by atoms with Crippen molar-refractivity contribution in [3.05, 3.63) is 48.1 Å². The van der Waals surface area contributed by atoms with Gasteiger partial charge >= 0.3 is 0 Å². The highest BCUT2D eigenvalue weighted by molar-refractivity contribution is 5.67. The fourth-order valence-electron chi connectivity index (χ4n) is 3.08. The number of aromatic nitrogens is 6. The molecule has 0 amide bonds. The van der Waals surface area contributed by atoms with Gasteiger partial charge in [-0.2, -0.15) is 10.2 Å². The Morgan fingerprint density at radius 1 is 0.793 bits per heavy atom. The highest BCUT2D eigenvalue weighted by atomic mass is 19.1. The smallest absolute Gasteiger partial charge is 0.154 e. The summed E-state index contributed by atoms with van der Waals surface area (Å²) in [6.07, 6.45) is 2.81. The summed E-state index contributed by atoms with van der Waals surface area (Å²) in [5.74, 6) is 0.312. The van der Waals surface area contributed by atoms with Gasteiger partial charge in [-0.3, -0.25) is 0 Å². The molecular formula is C20H27FN8. The molecule has 0 bridgehead atoms. The number of fused-ring (bicyclic) bond motifs is 2. The summed E-state index contributed by atoms with van der Waals surface area (Å²) in [4.78, 5) is 7.72.